The van der Waals surface area contributed by atoms with E-state index in [1.807, 2.05) is 43.3 Å². The van der Waals surface area contributed by atoms with Gasteiger partial charge in [0.05, 0.1) is 6.61 Å². The summed E-state index contributed by atoms with van der Waals surface area (Å²) in [6.07, 6.45) is 16.6. The molecule has 0 spiro atoms. The third-order valence-corrected chi connectivity index (χ3v) is 4.65. The van der Waals surface area contributed by atoms with Crippen LogP contribution in [0.25, 0.3) is 6.08 Å². The molecule has 1 aromatic rings. The van der Waals surface area contributed by atoms with E-state index in [0.29, 0.717) is 6.61 Å². The zero-order valence-electron chi connectivity index (χ0n) is 17.5. The molecule has 154 valence electrons. The minimum Gasteiger partial charge on any atom is -0.490 e. The van der Waals surface area contributed by atoms with E-state index in [1.54, 1.807) is 0 Å². The highest BCUT2D eigenvalue weighted by Gasteiger charge is 2.07. The number of benzene rings is 1. The monoisotopic (exact) mass is 376 g/mol. The summed E-state index contributed by atoms with van der Waals surface area (Å²) in [5.74, 6) is 0.796. The second-order valence-electron chi connectivity index (χ2n) is 7.26. The van der Waals surface area contributed by atoms with Gasteiger partial charge in [0.1, 0.15) is 18.5 Å². The van der Waals surface area contributed by atoms with E-state index in [9.17, 15) is 5.11 Å². The number of para-hydroxylation sites is 1. The Labute approximate surface area is 166 Å². The molecule has 3 heteroatoms. The quantitative estimate of drug-likeness (QED) is 0.320. The number of aliphatic hydroxyl groups is 1. The highest BCUT2D eigenvalue weighted by atomic mass is 16.5. The smallest absolute Gasteiger partial charge is 0.126 e. The number of ether oxygens (including phenoxy) is 2. The van der Waals surface area contributed by atoms with Crippen molar-refractivity contribution in [1.82, 2.24) is 0 Å². The average molecular weight is 377 g/mol. The van der Waals surface area contributed by atoms with Gasteiger partial charge in [0.15, 0.2) is 0 Å². The van der Waals surface area contributed by atoms with Crippen molar-refractivity contribution < 1.29 is 14.6 Å². The second kappa shape index (κ2) is 16.8. The third kappa shape index (κ3) is 12.6. The standard InChI is InChI=1S/C24H40O3/c1-3-5-6-7-8-9-10-11-12-15-19-26-20-23(25)21-27-24-18-14-13-17-22(24)16-4-2/h4,13-14,16-18,23,25H,3,5-12,15,19-21H2,1-2H3. The molecule has 0 fully saturated rings. The summed E-state index contributed by atoms with van der Waals surface area (Å²) in [5, 5.41) is 10.0. The van der Waals surface area contributed by atoms with Crippen LogP contribution in [-0.4, -0.2) is 31.0 Å². The molecule has 3 nitrogen and oxygen atoms in total. The Morgan fingerprint density at radius 2 is 1.52 bits per heavy atom. The third-order valence-electron chi connectivity index (χ3n) is 4.65. The Kier molecular flexibility index (Phi) is 14.8. The Morgan fingerprint density at radius 1 is 0.889 bits per heavy atom. The van der Waals surface area contributed by atoms with Gasteiger partial charge in [0.2, 0.25) is 0 Å². The largest absolute Gasteiger partial charge is 0.490 e. The van der Waals surface area contributed by atoms with E-state index in [-0.39, 0.29) is 6.61 Å². The number of hydrogen-bond donors (Lipinski definition) is 1. The van der Waals surface area contributed by atoms with Crippen LogP contribution in [0.1, 0.15) is 83.6 Å². The summed E-state index contributed by atoms with van der Waals surface area (Å²) >= 11 is 0. The van der Waals surface area contributed by atoms with Crippen molar-refractivity contribution in [2.75, 3.05) is 19.8 Å². The number of hydrogen-bond acceptors (Lipinski definition) is 3. The molecule has 0 amide bonds. The summed E-state index contributed by atoms with van der Waals surface area (Å²) in [4.78, 5) is 0. The fourth-order valence-electron chi connectivity index (χ4n) is 3.07. The molecule has 1 atom stereocenters. The molecule has 0 aliphatic heterocycles. The van der Waals surface area contributed by atoms with Gasteiger partial charge in [-0.1, -0.05) is 95.1 Å². The zero-order chi connectivity index (χ0) is 19.6. The number of unbranched alkanes of at least 4 members (excludes halogenated alkanes) is 9. The molecule has 0 heterocycles. The summed E-state index contributed by atoms with van der Waals surface area (Å²) < 4.78 is 11.3. The molecule has 1 aromatic carbocycles. The van der Waals surface area contributed by atoms with E-state index in [4.69, 9.17) is 9.47 Å². The van der Waals surface area contributed by atoms with Crippen molar-refractivity contribution in [3.8, 4) is 5.75 Å². The number of aliphatic hydroxyl groups excluding tert-OH is 1. The van der Waals surface area contributed by atoms with Gasteiger partial charge in [0, 0.05) is 12.2 Å². The van der Waals surface area contributed by atoms with E-state index in [1.165, 1.54) is 57.8 Å². The van der Waals surface area contributed by atoms with Crippen LogP contribution in [0.3, 0.4) is 0 Å². The Morgan fingerprint density at radius 3 is 2.19 bits per heavy atom. The molecule has 0 aliphatic carbocycles. The lowest BCUT2D eigenvalue weighted by atomic mass is 10.1. The predicted octanol–water partition coefficient (Wildman–Crippen LogP) is 6.40. The van der Waals surface area contributed by atoms with Crippen LogP contribution in [0.5, 0.6) is 5.75 Å². The second-order valence-corrected chi connectivity index (χ2v) is 7.26. The predicted molar refractivity (Wildman–Crippen MR) is 115 cm³/mol. The molecule has 1 rings (SSSR count). The van der Waals surface area contributed by atoms with Gasteiger partial charge in [-0.3, -0.25) is 0 Å². The van der Waals surface area contributed by atoms with Gasteiger partial charge in [-0.2, -0.15) is 0 Å². The Balaban J connectivity index is 1.97. The molecule has 0 saturated heterocycles. The lowest BCUT2D eigenvalue weighted by Crippen LogP contribution is -2.23. The van der Waals surface area contributed by atoms with Crippen molar-refractivity contribution >= 4 is 6.08 Å². The van der Waals surface area contributed by atoms with E-state index in [2.05, 4.69) is 6.92 Å². The van der Waals surface area contributed by atoms with Crippen molar-refractivity contribution in [1.29, 1.82) is 0 Å². The number of allylic oxidation sites excluding steroid dienone is 1. The Bertz CT molecular complexity index is 484. The summed E-state index contributed by atoms with van der Waals surface area (Å²) in [6.45, 7) is 5.56. The van der Waals surface area contributed by atoms with Crippen molar-refractivity contribution in [3.05, 3.63) is 35.9 Å². The van der Waals surface area contributed by atoms with Crippen LogP contribution < -0.4 is 4.74 Å². The minimum atomic E-state index is -0.591. The van der Waals surface area contributed by atoms with Crippen LogP contribution >= 0.6 is 0 Å². The molecule has 1 N–H and O–H groups in total. The first-order valence-corrected chi connectivity index (χ1v) is 10.9. The lowest BCUT2D eigenvalue weighted by molar-refractivity contribution is 0.0109. The molecule has 0 aromatic heterocycles. The zero-order valence-corrected chi connectivity index (χ0v) is 17.5. The highest BCUT2D eigenvalue weighted by Crippen LogP contribution is 2.19. The molecule has 1 unspecified atom stereocenters. The highest BCUT2D eigenvalue weighted by molar-refractivity contribution is 5.56. The molecule has 0 aliphatic rings. The lowest BCUT2D eigenvalue weighted by Gasteiger charge is -2.14. The van der Waals surface area contributed by atoms with Gasteiger partial charge in [-0.15, -0.1) is 0 Å². The fourth-order valence-corrected chi connectivity index (χ4v) is 3.07. The SMILES string of the molecule is CC=Cc1ccccc1OCC(O)COCCCCCCCCCCCC. The van der Waals surface area contributed by atoms with Crippen LogP contribution in [0.2, 0.25) is 0 Å². The van der Waals surface area contributed by atoms with Crippen LogP contribution in [0, 0.1) is 0 Å². The van der Waals surface area contributed by atoms with Crippen molar-refractivity contribution in [2.45, 2.75) is 84.2 Å². The van der Waals surface area contributed by atoms with E-state index in [0.717, 1.165) is 24.3 Å². The van der Waals surface area contributed by atoms with Gasteiger partial charge >= 0.3 is 0 Å². The fraction of sp³-hybridized carbons (Fsp3) is 0.667. The average Bonchev–Trinajstić information content (AvgIpc) is 2.68. The van der Waals surface area contributed by atoms with Gasteiger partial charge in [0.25, 0.3) is 0 Å². The van der Waals surface area contributed by atoms with Gasteiger partial charge in [-0.25, -0.2) is 0 Å². The van der Waals surface area contributed by atoms with Crippen molar-refractivity contribution in [3.63, 3.8) is 0 Å². The molecular formula is C24H40O3. The molecule has 0 radical (unpaired) electrons. The van der Waals surface area contributed by atoms with Gasteiger partial charge < -0.3 is 14.6 Å². The van der Waals surface area contributed by atoms with E-state index >= 15 is 0 Å². The first-order chi connectivity index (χ1) is 13.3. The van der Waals surface area contributed by atoms with Crippen LogP contribution in [0.15, 0.2) is 30.3 Å². The first-order valence-electron chi connectivity index (χ1n) is 10.9. The minimum absolute atomic E-state index is 0.257. The summed E-state index contributed by atoms with van der Waals surface area (Å²) in [5.41, 5.74) is 1.03. The van der Waals surface area contributed by atoms with Crippen molar-refractivity contribution in [2.24, 2.45) is 0 Å². The topological polar surface area (TPSA) is 38.7 Å². The molecule has 27 heavy (non-hydrogen) atoms. The maximum atomic E-state index is 10.0. The summed E-state index contributed by atoms with van der Waals surface area (Å²) in [6, 6.07) is 7.85. The molecule has 0 saturated carbocycles. The molecular weight excluding hydrogens is 336 g/mol. The maximum Gasteiger partial charge on any atom is 0.126 e. The van der Waals surface area contributed by atoms with Gasteiger partial charge in [-0.05, 0) is 19.4 Å². The molecule has 0 bridgehead atoms. The van der Waals surface area contributed by atoms with Crippen LogP contribution in [0.4, 0.5) is 0 Å². The first kappa shape index (κ1) is 23.7. The Hall–Kier alpha value is -1.32. The van der Waals surface area contributed by atoms with E-state index < -0.39 is 6.10 Å². The maximum absolute atomic E-state index is 10.0. The number of rotatable bonds is 17. The van der Waals surface area contributed by atoms with Crippen LogP contribution in [-0.2, 0) is 4.74 Å². The summed E-state index contributed by atoms with van der Waals surface area (Å²) in [7, 11) is 0. The normalized spacial score (nSPS) is 12.6.